The van der Waals surface area contributed by atoms with E-state index in [1.54, 1.807) is 18.3 Å². The minimum Gasteiger partial charge on any atom is -0.311 e. The molecule has 1 aromatic heterocycles. The van der Waals surface area contributed by atoms with E-state index >= 15 is 0 Å². The second-order valence-electron chi connectivity index (χ2n) is 4.29. The summed E-state index contributed by atoms with van der Waals surface area (Å²) in [5, 5.41) is 5.02. The third-order valence-electron chi connectivity index (χ3n) is 3.01. The lowest BCUT2D eigenvalue weighted by Gasteiger charge is -2.10. The molecule has 0 spiro atoms. The fraction of sp³-hybridized carbons (Fsp3) is 0.667. The van der Waals surface area contributed by atoms with Crippen molar-refractivity contribution < 1.29 is 8.42 Å². The summed E-state index contributed by atoms with van der Waals surface area (Å²) in [5.41, 5.74) is 1.27. The van der Waals surface area contributed by atoms with Crippen LogP contribution >= 0.6 is 11.3 Å². The van der Waals surface area contributed by atoms with E-state index in [0.29, 0.717) is 13.0 Å². The van der Waals surface area contributed by atoms with Crippen molar-refractivity contribution in [3.63, 3.8) is 0 Å². The maximum Gasteiger partial charge on any atom is 0.154 e. The summed E-state index contributed by atoms with van der Waals surface area (Å²) in [6.45, 7) is 7.05. The van der Waals surface area contributed by atoms with Crippen LogP contribution < -0.4 is 5.32 Å². The molecule has 1 unspecified atom stereocenters. The molecule has 98 valence electrons. The minimum atomic E-state index is -2.92. The largest absolute Gasteiger partial charge is 0.311 e. The van der Waals surface area contributed by atoms with E-state index in [1.165, 1.54) is 10.4 Å². The second-order valence-corrected chi connectivity index (χ2v) is 7.83. The van der Waals surface area contributed by atoms with Crippen molar-refractivity contribution in [1.29, 1.82) is 0 Å². The zero-order chi connectivity index (χ0) is 12.9. The van der Waals surface area contributed by atoms with Crippen molar-refractivity contribution >= 4 is 21.2 Å². The van der Waals surface area contributed by atoms with E-state index in [2.05, 4.69) is 23.7 Å². The summed E-state index contributed by atoms with van der Waals surface area (Å²) >= 11 is 1.71. The Hall–Kier alpha value is -0.390. The number of nitrogens with one attached hydrogen (secondary N) is 1. The van der Waals surface area contributed by atoms with E-state index < -0.39 is 9.84 Å². The second kappa shape index (κ2) is 6.52. The van der Waals surface area contributed by atoms with Gasteiger partial charge in [0.05, 0.1) is 11.0 Å². The average molecular weight is 275 g/mol. The molecule has 0 amide bonds. The van der Waals surface area contributed by atoms with E-state index in [-0.39, 0.29) is 11.0 Å². The molecule has 3 nitrogen and oxygen atoms in total. The molecule has 0 bridgehead atoms. The quantitative estimate of drug-likeness (QED) is 0.777. The van der Waals surface area contributed by atoms with Gasteiger partial charge in [0, 0.05) is 18.0 Å². The van der Waals surface area contributed by atoms with E-state index in [9.17, 15) is 8.42 Å². The van der Waals surface area contributed by atoms with Crippen molar-refractivity contribution in [3.05, 3.63) is 21.9 Å². The van der Waals surface area contributed by atoms with E-state index in [0.717, 1.165) is 6.54 Å². The molecule has 0 aromatic carbocycles. The summed E-state index contributed by atoms with van der Waals surface area (Å²) < 4.78 is 23.5. The van der Waals surface area contributed by atoms with Crippen LogP contribution in [-0.2, 0) is 16.4 Å². The lowest BCUT2D eigenvalue weighted by Crippen LogP contribution is -2.28. The van der Waals surface area contributed by atoms with Gasteiger partial charge >= 0.3 is 0 Å². The van der Waals surface area contributed by atoms with Gasteiger partial charge in [0.15, 0.2) is 9.84 Å². The Labute approximate surface area is 108 Å². The maximum absolute atomic E-state index is 11.8. The number of aryl methyl sites for hydroxylation is 1. The average Bonchev–Trinajstić information content (AvgIpc) is 2.69. The van der Waals surface area contributed by atoms with Crippen LogP contribution in [0.2, 0.25) is 0 Å². The van der Waals surface area contributed by atoms with Gasteiger partial charge < -0.3 is 5.32 Å². The van der Waals surface area contributed by atoms with Crippen LogP contribution in [0.1, 0.15) is 30.7 Å². The van der Waals surface area contributed by atoms with E-state index in [1.807, 2.05) is 6.92 Å². The highest BCUT2D eigenvalue weighted by Crippen LogP contribution is 2.14. The molecule has 1 atom stereocenters. The van der Waals surface area contributed by atoms with Crippen LogP contribution in [0.25, 0.3) is 0 Å². The van der Waals surface area contributed by atoms with Gasteiger partial charge in [-0.3, -0.25) is 0 Å². The fourth-order valence-electron chi connectivity index (χ4n) is 1.46. The summed E-state index contributed by atoms with van der Waals surface area (Å²) in [6, 6.07) is 2.08. The smallest absolute Gasteiger partial charge is 0.154 e. The van der Waals surface area contributed by atoms with Crippen LogP contribution in [0.15, 0.2) is 11.4 Å². The SMILES string of the molecule is CCC(C)S(=O)(=O)CCNCc1sccc1C. The molecule has 17 heavy (non-hydrogen) atoms. The standard InChI is InChI=1S/C12H21NO2S2/c1-4-11(3)17(14,15)8-6-13-9-12-10(2)5-7-16-12/h5,7,11,13H,4,6,8-9H2,1-3H3. The highest BCUT2D eigenvalue weighted by Gasteiger charge is 2.17. The van der Waals surface area contributed by atoms with Crippen LogP contribution in [0, 0.1) is 6.92 Å². The maximum atomic E-state index is 11.8. The van der Waals surface area contributed by atoms with Crippen molar-refractivity contribution in [3.8, 4) is 0 Å². The Morgan fingerprint density at radius 2 is 2.18 bits per heavy atom. The highest BCUT2D eigenvalue weighted by molar-refractivity contribution is 7.92. The number of rotatable bonds is 7. The predicted octanol–water partition coefficient (Wildman–Crippen LogP) is 2.36. The van der Waals surface area contributed by atoms with Gasteiger partial charge in [-0.25, -0.2) is 8.42 Å². The lowest BCUT2D eigenvalue weighted by molar-refractivity contribution is 0.576. The lowest BCUT2D eigenvalue weighted by atomic mass is 10.3. The number of sulfone groups is 1. The molecule has 1 heterocycles. The van der Waals surface area contributed by atoms with Crippen molar-refractivity contribution in [2.45, 2.75) is 39.0 Å². The molecule has 1 rings (SSSR count). The highest BCUT2D eigenvalue weighted by atomic mass is 32.2. The first-order chi connectivity index (χ1) is 7.97. The van der Waals surface area contributed by atoms with E-state index in [4.69, 9.17) is 0 Å². The Morgan fingerprint density at radius 1 is 1.47 bits per heavy atom. The van der Waals surface area contributed by atoms with Gasteiger partial charge in [-0.05, 0) is 37.3 Å². The summed E-state index contributed by atoms with van der Waals surface area (Å²) in [4.78, 5) is 1.28. The van der Waals surface area contributed by atoms with Crippen molar-refractivity contribution in [1.82, 2.24) is 5.32 Å². The topological polar surface area (TPSA) is 46.2 Å². The fourth-order valence-corrected chi connectivity index (χ4v) is 3.67. The van der Waals surface area contributed by atoms with Crippen molar-refractivity contribution in [2.75, 3.05) is 12.3 Å². The first-order valence-corrected chi connectivity index (χ1v) is 8.52. The molecule has 0 radical (unpaired) electrons. The Bertz CT molecular complexity index is 437. The molecule has 1 N–H and O–H groups in total. The van der Waals surface area contributed by atoms with Gasteiger partial charge in [-0.2, -0.15) is 0 Å². The van der Waals surface area contributed by atoms with Crippen LogP contribution in [0.4, 0.5) is 0 Å². The number of thiophene rings is 1. The number of hydrogen-bond acceptors (Lipinski definition) is 4. The van der Waals surface area contributed by atoms with Gasteiger partial charge in [0.1, 0.15) is 0 Å². The van der Waals surface area contributed by atoms with Gasteiger partial charge in [0.25, 0.3) is 0 Å². The summed E-state index contributed by atoms with van der Waals surface area (Å²) in [6.07, 6.45) is 0.687. The molecule has 0 aliphatic heterocycles. The zero-order valence-corrected chi connectivity index (χ0v) is 12.3. The molecular formula is C12H21NO2S2. The monoisotopic (exact) mass is 275 g/mol. The molecule has 1 aromatic rings. The minimum absolute atomic E-state index is 0.229. The molecule has 0 saturated carbocycles. The van der Waals surface area contributed by atoms with Gasteiger partial charge in [-0.15, -0.1) is 11.3 Å². The predicted molar refractivity (Wildman–Crippen MR) is 74.3 cm³/mol. The molecule has 0 saturated heterocycles. The van der Waals surface area contributed by atoms with Crippen LogP contribution in [0.5, 0.6) is 0 Å². The molecule has 5 heteroatoms. The number of hydrogen-bond donors (Lipinski definition) is 1. The third kappa shape index (κ3) is 4.41. The Kier molecular flexibility index (Phi) is 5.62. The van der Waals surface area contributed by atoms with Crippen LogP contribution in [0.3, 0.4) is 0 Å². The zero-order valence-electron chi connectivity index (χ0n) is 10.7. The molecule has 0 aliphatic carbocycles. The first-order valence-electron chi connectivity index (χ1n) is 5.92. The van der Waals surface area contributed by atoms with Gasteiger partial charge in [0.2, 0.25) is 0 Å². The third-order valence-corrected chi connectivity index (χ3v) is 6.36. The Balaban J connectivity index is 2.32. The summed E-state index contributed by atoms with van der Waals surface area (Å²) in [5.74, 6) is 0.229. The molecule has 0 aliphatic rings. The Morgan fingerprint density at radius 3 is 2.71 bits per heavy atom. The van der Waals surface area contributed by atoms with Gasteiger partial charge in [-0.1, -0.05) is 6.92 Å². The van der Waals surface area contributed by atoms with Crippen LogP contribution in [-0.4, -0.2) is 26.0 Å². The molecular weight excluding hydrogens is 254 g/mol. The first kappa shape index (κ1) is 14.7. The normalized spacial score (nSPS) is 13.8. The summed E-state index contributed by atoms with van der Waals surface area (Å²) in [7, 11) is -2.92. The van der Waals surface area contributed by atoms with Crippen molar-refractivity contribution in [2.24, 2.45) is 0 Å². The molecule has 0 fully saturated rings.